The Kier molecular flexibility index (Phi) is 8.23. The number of amides is 2. The van der Waals surface area contributed by atoms with Gasteiger partial charge < -0.3 is 19.6 Å². The van der Waals surface area contributed by atoms with Crippen molar-refractivity contribution in [3.8, 4) is 10.6 Å². The molecule has 198 valence electrons. The molecule has 3 aromatic heterocycles. The Balaban J connectivity index is 1.35. The summed E-state index contributed by atoms with van der Waals surface area (Å²) in [6.45, 7) is 7.86. The highest BCUT2D eigenvalue weighted by molar-refractivity contribution is 7.99. The minimum atomic E-state index is -0.225. The number of halogens is 1. The summed E-state index contributed by atoms with van der Waals surface area (Å²) in [7, 11) is 0. The van der Waals surface area contributed by atoms with E-state index in [1.807, 2.05) is 30.0 Å². The fourth-order valence-corrected chi connectivity index (χ4v) is 6.57. The van der Waals surface area contributed by atoms with E-state index in [0.29, 0.717) is 40.6 Å². The highest BCUT2D eigenvalue weighted by atomic mass is 35.5. The van der Waals surface area contributed by atoms with Gasteiger partial charge in [0.15, 0.2) is 11.5 Å². The highest BCUT2D eigenvalue weighted by Crippen LogP contribution is 2.31. The summed E-state index contributed by atoms with van der Waals surface area (Å²) in [6.07, 6.45) is 1.79. The molecule has 2 amide bonds. The third-order valence-corrected chi connectivity index (χ3v) is 9.00. The Morgan fingerprint density at radius 3 is 2.59 bits per heavy atom. The molecule has 5 rings (SSSR count). The number of hydrogen-bond acceptors (Lipinski definition) is 8. The van der Waals surface area contributed by atoms with Crippen molar-refractivity contribution in [2.24, 2.45) is 0 Å². The third-order valence-electron chi connectivity index (χ3n) is 6.81. The van der Waals surface area contributed by atoms with Crippen molar-refractivity contribution in [2.75, 3.05) is 37.7 Å². The molecule has 2 saturated heterocycles. The van der Waals surface area contributed by atoms with Crippen LogP contribution in [0, 0.1) is 0 Å². The summed E-state index contributed by atoms with van der Waals surface area (Å²) in [5.74, 6) is 2.04. The summed E-state index contributed by atoms with van der Waals surface area (Å²) in [5.41, 5.74) is 1.24. The van der Waals surface area contributed by atoms with Crippen LogP contribution in [-0.4, -0.2) is 86.3 Å². The lowest BCUT2D eigenvalue weighted by molar-refractivity contribution is 0.0765. The van der Waals surface area contributed by atoms with E-state index in [9.17, 15) is 9.59 Å². The Morgan fingerprint density at radius 1 is 1.16 bits per heavy atom. The number of thioether (sulfide) groups is 1. The maximum Gasteiger partial charge on any atom is 0.274 e. The number of likely N-dealkylation sites (tertiary alicyclic amines) is 1. The van der Waals surface area contributed by atoms with E-state index in [4.69, 9.17) is 16.1 Å². The lowest BCUT2D eigenvalue weighted by Crippen LogP contribution is -2.46. The van der Waals surface area contributed by atoms with Crippen molar-refractivity contribution in [3.63, 3.8) is 0 Å². The summed E-state index contributed by atoms with van der Waals surface area (Å²) in [5, 5.41) is 11.9. The van der Waals surface area contributed by atoms with Crippen LogP contribution in [0.3, 0.4) is 0 Å². The molecule has 5 heterocycles. The van der Waals surface area contributed by atoms with Gasteiger partial charge >= 0.3 is 0 Å². The van der Waals surface area contributed by atoms with Crippen LogP contribution < -0.4 is 5.32 Å². The molecule has 0 spiro atoms. The molecular weight excluding hydrogens is 532 g/mol. The number of rotatable bonds is 7. The average Bonchev–Trinajstić information content (AvgIpc) is 3.65. The van der Waals surface area contributed by atoms with Crippen LogP contribution in [0.4, 0.5) is 0 Å². The molecule has 0 bridgehead atoms. The number of nitrogens with one attached hydrogen (secondary N) is 1. The second-order valence-corrected chi connectivity index (χ2v) is 12.6. The SMILES string of the molecule is CC(C)N1CCC(NC(=O)c2cc(C(=O)N3CCSCC3)nn2Cc2cc(-c3ccc(Cl)s3)on2)CC1. The monoisotopic (exact) mass is 562 g/mol. The number of aromatic nitrogens is 3. The zero-order valence-corrected chi connectivity index (χ0v) is 23.4. The summed E-state index contributed by atoms with van der Waals surface area (Å²) in [6, 6.07) is 7.70. The molecule has 0 unspecified atom stereocenters. The lowest BCUT2D eigenvalue weighted by atomic mass is 10.0. The van der Waals surface area contributed by atoms with E-state index >= 15 is 0 Å². The van der Waals surface area contributed by atoms with E-state index in [2.05, 4.69) is 34.3 Å². The van der Waals surface area contributed by atoms with Gasteiger partial charge in [0.05, 0.1) is 15.8 Å². The van der Waals surface area contributed by atoms with Gasteiger partial charge in [0.1, 0.15) is 11.4 Å². The topological polar surface area (TPSA) is 96.5 Å². The average molecular weight is 563 g/mol. The van der Waals surface area contributed by atoms with Gasteiger partial charge in [-0.05, 0) is 38.8 Å². The first-order valence-electron chi connectivity index (χ1n) is 12.6. The van der Waals surface area contributed by atoms with Crippen molar-refractivity contribution in [2.45, 2.75) is 45.3 Å². The van der Waals surface area contributed by atoms with Gasteiger partial charge in [0.25, 0.3) is 11.8 Å². The second kappa shape index (κ2) is 11.6. The van der Waals surface area contributed by atoms with E-state index in [1.165, 1.54) is 11.3 Å². The molecule has 0 radical (unpaired) electrons. The van der Waals surface area contributed by atoms with Gasteiger partial charge in [-0.2, -0.15) is 16.9 Å². The first kappa shape index (κ1) is 26.3. The van der Waals surface area contributed by atoms with E-state index < -0.39 is 0 Å². The van der Waals surface area contributed by atoms with Gasteiger partial charge in [-0.15, -0.1) is 11.3 Å². The Morgan fingerprint density at radius 2 is 1.92 bits per heavy atom. The van der Waals surface area contributed by atoms with Crippen LogP contribution in [-0.2, 0) is 6.54 Å². The molecule has 0 aromatic carbocycles. The molecule has 0 saturated carbocycles. The van der Waals surface area contributed by atoms with Gasteiger partial charge in [-0.25, -0.2) is 0 Å². The maximum absolute atomic E-state index is 13.4. The molecule has 2 fully saturated rings. The van der Waals surface area contributed by atoms with Crippen molar-refractivity contribution >= 4 is 46.5 Å². The predicted molar refractivity (Wildman–Crippen MR) is 147 cm³/mol. The predicted octanol–water partition coefficient (Wildman–Crippen LogP) is 4.09. The zero-order chi connectivity index (χ0) is 25.9. The molecule has 0 atom stereocenters. The van der Waals surface area contributed by atoms with Crippen molar-refractivity contribution < 1.29 is 14.1 Å². The fraction of sp³-hybridized carbons (Fsp3) is 0.520. The normalized spacial score (nSPS) is 17.5. The number of nitrogens with zero attached hydrogens (tertiary/aromatic N) is 5. The summed E-state index contributed by atoms with van der Waals surface area (Å²) >= 11 is 9.30. The van der Waals surface area contributed by atoms with E-state index in [-0.39, 0.29) is 30.1 Å². The molecule has 9 nitrogen and oxygen atoms in total. The zero-order valence-electron chi connectivity index (χ0n) is 21.0. The minimum Gasteiger partial charge on any atom is -0.355 e. The van der Waals surface area contributed by atoms with Crippen LogP contribution in [0.15, 0.2) is 28.8 Å². The molecule has 2 aliphatic heterocycles. The first-order valence-corrected chi connectivity index (χ1v) is 14.9. The Hall–Kier alpha value is -2.34. The number of hydrogen-bond donors (Lipinski definition) is 1. The largest absolute Gasteiger partial charge is 0.355 e. The first-order chi connectivity index (χ1) is 17.9. The quantitative estimate of drug-likeness (QED) is 0.463. The van der Waals surface area contributed by atoms with Gasteiger partial charge in [-0.1, -0.05) is 16.8 Å². The maximum atomic E-state index is 13.4. The lowest BCUT2D eigenvalue weighted by Gasteiger charge is -2.34. The second-order valence-electron chi connectivity index (χ2n) is 9.64. The number of carbonyl (C=O) groups is 2. The number of carbonyl (C=O) groups excluding carboxylic acids is 2. The van der Waals surface area contributed by atoms with Crippen molar-refractivity contribution in [1.82, 2.24) is 30.1 Å². The highest BCUT2D eigenvalue weighted by Gasteiger charge is 2.27. The number of thiophene rings is 1. The van der Waals surface area contributed by atoms with Crippen LogP contribution in [0.2, 0.25) is 4.34 Å². The summed E-state index contributed by atoms with van der Waals surface area (Å²) < 4.78 is 7.74. The van der Waals surface area contributed by atoms with Crippen LogP contribution in [0.5, 0.6) is 0 Å². The molecular formula is C25H31ClN6O3S2. The Bertz CT molecular complexity index is 1240. The number of piperidine rings is 1. The van der Waals surface area contributed by atoms with Crippen LogP contribution in [0.1, 0.15) is 53.4 Å². The van der Waals surface area contributed by atoms with Crippen molar-refractivity contribution in [1.29, 1.82) is 0 Å². The van der Waals surface area contributed by atoms with Gasteiger partial charge in [0, 0.05) is 61.9 Å². The fourth-order valence-electron chi connectivity index (χ4n) is 4.68. The smallest absolute Gasteiger partial charge is 0.274 e. The van der Waals surface area contributed by atoms with Gasteiger partial charge in [0.2, 0.25) is 0 Å². The van der Waals surface area contributed by atoms with E-state index in [1.54, 1.807) is 15.6 Å². The minimum absolute atomic E-state index is 0.0892. The van der Waals surface area contributed by atoms with Crippen molar-refractivity contribution in [3.05, 3.63) is 45.7 Å². The van der Waals surface area contributed by atoms with Crippen LogP contribution >= 0.6 is 34.7 Å². The molecule has 12 heteroatoms. The molecule has 0 aliphatic carbocycles. The molecule has 1 N–H and O–H groups in total. The van der Waals surface area contributed by atoms with Gasteiger partial charge in [-0.3, -0.25) is 14.3 Å². The Labute approximate surface area is 229 Å². The summed E-state index contributed by atoms with van der Waals surface area (Å²) in [4.78, 5) is 31.7. The third kappa shape index (κ3) is 6.22. The standard InChI is InChI=1S/C25H31ClN6O3S2/c1-16(2)30-7-5-17(6-8-30)27-24(33)20-14-19(25(34)31-9-11-36-12-10-31)28-32(20)15-18-13-21(35-29-18)22-3-4-23(26)37-22/h3-4,13-14,16-17H,5-12,15H2,1-2H3,(H,27,33). The van der Waals surface area contributed by atoms with E-state index in [0.717, 1.165) is 42.3 Å². The molecule has 3 aromatic rings. The van der Waals surface area contributed by atoms with Crippen LogP contribution in [0.25, 0.3) is 10.6 Å². The molecule has 37 heavy (non-hydrogen) atoms. The molecule has 2 aliphatic rings.